The lowest BCUT2D eigenvalue weighted by Gasteiger charge is -2.27. The molecular formula is C37H36F5N7O10. The third-order valence-corrected chi connectivity index (χ3v) is 8.96. The molecule has 6 rings (SSSR count). The number of nitrogens with one attached hydrogen (secondary N) is 4. The maximum atomic E-state index is 14.1. The number of alkyl halides is 3. The van der Waals surface area contributed by atoms with Gasteiger partial charge in [-0.2, -0.15) is 13.2 Å². The van der Waals surface area contributed by atoms with E-state index in [9.17, 15) is 45.9 Å². The highest BCUT2D eigenvalue weighted by Gasteiger charge is 2.47. The molecule has 4 N–H and O–H groups in total. The first-order valence-electron chi connectivity index (χ1n) is 18.0. The van der Waals surface area contributed by atoms with Crippen LogP contribution in [0.4, 0.5) is 38.4 Å². The number of amides is 6. The maximum absolute atomic E-state index is 14.1. The summed E-state index contributed by atoms with van der Waals surface area (Å²) in [5.74, 6) is -5.16. The molecule has 17 nitrogen and oxygen atoms in total. The summed E-state index contributed by atoms with van der Waals surface area (Å²) in [6.07, 6.45) is -2.69. The van der Waals surface area contributed by atoms with Gasteiger partial charge in [-0.1, -0.05) is 6.07 Å². The average Bonchev–Trinajstić information content (AvgIpc) is 3.64. The van der Waals surface area contributed by atoms with Gasteiger partial charge in [0.2, 0.25) is 17.8 Å². The molecule has 2 aromatic carbocycles. The van der Waals surface area contributed by atoms with Crippen LogP contribution in [0.15, 0.2) is 47.1 Å². The van der Waals surface area contributed by atoms with E-state index >= 15 is 0 Å². The van der Waals surface area contributed by atoms with Crippen LogP contribution in [0.1, 0.15) is 50.9 Å². The Bertz CT molecular complexity index is 2220. The monoisotopic (exact) mass is 833 g/mol. The van der Waals surface area contributed by atoms with Gasteiger partial charge < -0.3 is 39.3 Å². The number of imide groups is 2. The number of aryl methyl sites for hydroxylation is 1. The van der Waals surface area contributed by atoms with Crippen molar-refractivity contribution in [2.75, 3.05) is 63.4 Å². The van der Waals surface area contributed by atoms with Crippen molar-refractivity contribution in [3.05, 3.63) is 76.8 Å². The number of carbonyl (C=O) groups is 5. The van der Waals surface area contributed by atoms with Crippen molar-refractivity contribution in [3.8, 4) is 5.75 Å². The van der Waals surface area contributed by atoms with Crippen LogP contribution in [0.2, 0.25) is 0 Å². The second-order valence-corrected chi connectivity index (χ2v) is 13.0. The Morgan fingerprint density at radius 2 is 1.64 bits per heavy atom. The van der Waals surface area contributed by atoms with Gasteiger partial charge >= 0.3 is 12.2 Å². The van der Waals surface area contributed by atoms with Crippen LogP contribution in [-0.4, -0.2) is 110 Å². The van der Waals surface area contributed by atoms with Crippen LogP contribution in [0.3, 0.4) is 0 Å². The first-order valence-corrected chi connectivity index (χ1v) is 18.0. The highest BCUT2D eigenvalue weighted by molar-refractivity contribution is 6.24. The Balaban J connectivity index is 0.824. The Kier molecular flexibility index (Phi) is 13.3. The number of piperidine rings is 1. The first-order chi connectivity index (χ1) is 28.2. The summed E-state index contributed by atoms with van der Waals surface area (Å²) < 4.78 is 96.9. The molecule has 59 heavy (non-hydrogen) atoms. The summed E-state index contributed by atoms with van der Waals surface area (Å²) >= 11 is 0. The van der Waals surface area contributed by atoms with E-state index in [0.717, 1.165) is 23.4 Å². The molecule has 6 amide bonds. The quantitative estimate of drug-likeness (QED) is 0.0631. The molecule has 314 valence electrons. The highest BCUT2D eigenvalue weighted by Crippen LogP contribution is 2.39. The van der Waals surface area contributed by atoms with Gasteiger partial charge in [-0.15, -0.1) is 0 Å². The molecular weight excluding hydrogens is 797 g/mol. The molecule has 2 aliphatic heterocycles. The van der Waals surface area contributed by atoms with Crippen LogP contribution in [0.25, 0.3) is 11.0 Å². The number of hydrogen-bond acceptors (Lipinski definition) is 13. The van der Waals surface area contributed by atoms with Crippen molar-refractivity contribution in [3.63, 3.8) is 0 Å². The van der Waals surface area contributed by atoms with Crippen molar-refractivity contribution < 1.29 is 69.3 Å². The number of aromatic nitrogens is 2. The number of benzene rings is 2. The highest BCUT2D eigenvalue weighted by atomic mass is 19.4. The predicted octanol–water partition coefficient (Wildman–Crippen LogP) is 4.18. The SMILES string of the molecule is Cc1c([C@@H](NC(=O)Nc2cnc(NCCOCCOCCOCCOc3cccc4c3C(=O)N(C3CCC(=O)NC3=O)C4=O)nc2)C(F)(F)F)oc2c(F)cc(F)cc12. The summed E-state index contributed by atoms with van der Waals surface area (Å²) in [7, 11) is 0. The zero-order valence-corrected chi connectivity index (χ0v) is 31.1. The number of carbonyl (C=O) groups excluding carboxylic acids is 5. The topological polar surface area (TPSA) is 213 Å². The fourth-order valence-electron chi connectivity index (χ4n) is 6.21. The van der Waals surface area contributed by atoms with E-state index in [0.29, 0.717) is 6.07 Å². The number of fused-ring (bicyclic) bond motifs is 2. The van der Waals surface area contributed by atoms with Gasteiger partial charge in [-0.05, 0) is 31.5 Å². The Morgan fingerprint density at radius 3 is 2.32 bits per heavy atom. The number of ether oxygens (including phenoxy) is 4. The van der Waals surface area contributed by atoms with Gasteiger partial charge in [0.15, 0.2) is 17.4 Å². The normalized spacial score (nSPS) is 16.0. The molecule has 2 aliphatic rings. The summed E-state index contributed by atoms with van der Waals surface area (Å²) in [5, 5.41) is 8.76. The fraction of sp³-hybridized carbons (Fsp3) is 0.378. The van der Waals surface area contributed by atoms with Crippen molar-refractivity contribution in [1.82, 2.24) is 25.5 Å². The van der Waals surface area contributed by atoms with Crippen LogP contribution < -0.4 is 26.0 Å². The molecule has 22 heteroatoms. The molecule has 1 saturated heterocycles. The van der Waals surface area contributed by atoms with E-state index in [1.54, 1.807) is 11.4 Å². The van der Waals surface area contributed by atoms with E-state index < -0.39 is 70.9 Å². The summed E-state index contributed by atoms with van der Waals surface area (Å²) in [6.45, 7) is 2.92. The van der Waals surface area contributed by atoms with E-state index in [1.165, 1.54) is 19.1 Å². The largest absolute Gasteiger partial charge is 0.490 e. The molecule has 0 radical (unpaired) electrons. The summed E-state index contributed by atoms with van der Waals surface area (Å²) in [4.78, 5) is 71.2. The van der Waals surface area contributed by atoms with Gasteiger partial charge in [0.25, 0.3) is 11.8 Å². The third kappa shape index (κ3) is 10.1. The summed E-state index contributed by atoms with van der Waals surface area (Å²) in [5.41, 5.74) is -0.657. The van der Waals surface area contributed by atoms with Gasteiger partial charge in [0.1, 0.15) is 30.0 Å². The molecule has 4 aromatic rings. The van der Waals surface area contributed by atoms with Crippen molar-refractivity contribution >= 4 is 52.3 Å². The molecule has 0 aliphatic carbocycles. The van der Waals surface area contributed by atoms with E-state index in [-0.39, 0.29) is 105 Å². The van der Waals surface area contributed by atoms with Gasteiger partial charge in [-0.3, -0.25) is 29.4 Å². The number of hydrogen-bond donors (Lipinski definition) is 4. The first kappa shape index (κ1) is 42.3. The molecule has 0 saturated carbocycles. The maximum Gasteiger partial charge on any atom is 0.416 e. The fourth-order valence-corrected chi connectivity index (χ4v) is 6.21. The van der Waals surface area contributed by atoms with Crippen molar-refractivity contribution in [2.24, 2.45) is 0 Å². The second-order valence-electron chi connectivity index (χ2n) is 13.0. The zero-order valence-electron chi connectivity index (χ0n) is 31.1. The van der Waals surface area contributed by atoms with E-state index in [4.69, 9.17) is 23.4 Å². The molecule has 0 bridgehead atoms. The standard InChI is InChI=1S/C37H36F5N7O10/c1-19-23-15-20(38)16-24(39)30(23)59-29(19)31(37(40,41)42)48-36(54)46-21-17-44-35(45-18-21)43-7-8-55-9-10-56-11-12-57-13-14-58-26-4-2-3-22-28(26)34(53)49(33(22)52)25-5-6-27(50)47-32(25)51/h2-4,15-18,25,31H,5-14H2,1H3,(H,43,44,45)(H2,46,48,54)(H,47,50,51)/t25?,31-/m1/s1. The minimum absolute atomic E-state index is 0.0112. The number of halogens is 5. The van der Waals surface area contributed by atoms with E-state index in [1.807, 2.05) is 0 Å². The Hall–Kier alpha value is -6.26. The van der Waals surface area contributed by atoms with E-state index in [2.05, 4.69) is 25.9 Å². The Labute approximate surface area is 330 Å². The molecule has 1 fully saturated rings. The van der Waals surface area contributed by atoms with Crippen LogP contribution in [0.5, 0.6) is 5.75 Å². The minimum atomic E-state index is -5.05. The lowest BCUT2D eigenvalue weighted by molar-refractivity contribution is -0.158. The van der Waals surface area contributed by atoms with Gasteiger partial charge in [0.05, 0.1) is 68.8 Å². The van der Waals surface area contributed by atoms with Crippen molar-refractivity contribution in [2.45, 2.75) is 38.0 Å². The lowest BCUT2D eigenvalue weighted by atomic mass is 10.0. The number of nitrogens with zero attached hydrogens (tertiary/aromatic N) is 3. The predicted molar refractivity (Wildman–Crippen MR) is 193 cm³/mol. The number of rotatable bonds is 18. The number of urea groups is 1. The second kappa shape index (κ2) is 18.6. The molecule has 0 spiro atoms. The lowest BCUT2D eigenvalue weighted by Crippen LogP contribution is -2.54. The molecule has 2 atom stereocenters. The molecule has 1 unspecified atom stereocenters. The average molecular weight is 834 g/mol. The van der Waals surface area contributed by atoms with Crippen molar-refractivity contribution in [1.29, 1.82) is 0 Å². The zero-order chi connectivity index (χ0) is 42.3. The minimum Gasteiger partial charge on any atom is -0.490 e. The molecule has 4 heterocycles. The smallest absolute Gasteiger partial charge is 0.416 e. The summed E-state index contributed by atoms with van der Waals surface area (Å²) in [6, 6.07) is 0.824. The Morgan fingerprint density at radius 1 is 0.966 bits per heavy atom. The number of anilines is 2. The van der Waals surface area contributed by atoms with Crippen LogP contribution >= 0.6 is 0 Å². The van der Waals surface area contributed by atoms with Crippen LogP contribution in [-0.2, 0) is 23.8 Å². The van der Waals surface area contributed by atoms with Crippen LogP contribution in [0, 0.1) is 18.6 Å². The number of furan rings is 1. The molecule has 2 aromatic heterocycles. The third-order valence-electron chi connectivity index (χ3n) is 8.96. The van der Waals surface area contributed by atoms with Gasteiger partial charge in [-0.25, -0.2) is 23.5 Å². The van der Waals surface area contributed by atoms with Gasteiger partial charge in [0, 0.05) is 30.0 Å².